The topological polar surface area (TPSA) is 80.3 Å². The van der Waals surface area contributed by atoms with Gasteiger partial charge in [-0.2, -0.15) is 5.10 Å². The minimum atomic E-state index is -0.118. The monoisotopic (exact) mass is 378 g/mol. The molecule has 0 fully saturated rings. The average Bonchev–Trinajstić information content (AvgIpc) is 3.37. The number of rotatable bonds is 7. The highest BCUT2D eigenvalue weighted by atomic mass is 16.7. The standard InChI is InChI=1S/C21H22N4O3/c1-2-3-17-11-18(24-23-17)21(26)25(12-15-6-8-22-9-7-15)13-16-4-5-19-20(10-16)28-14-27-19/h4-11H,2-3,12-14H2,1H3,(H,23,24). The van der Waals surface area contributed by atoms with Crippen LogP contribution >= 0.6 is 0 Å². The van der Waals surface area contributed by atoms with Crippen LogP contribution in [0, 0.1) is 0 Å². The highest BCUT2D eigenvalue weighted by Gasteiger charge is 2.21. The van der Waals surface area contributed by atoms with Gasteiger partial charge in [-0.05, 0) is 47.9 Å². The van der Waals surface area contributed by atoms with E-state index >= 15 is 0 Å². The van der Waals surface area contributed by atoms with Crippen LogP contribution in [0.1, 0.15) is 40.7 Å². The minimum Gasteiger partial charge on any atom is -0.454 e. The molecule has 0 atom stereocenters. The molecule has 0 bridgehead atoms. The molecule has 7 heteroatoms. The number of aromatic amines is 1. The van der Waals surface area contributed by atoms with Crippen molar-refractivity contribution in [1.29, 1.82) is 0 Å². The summed E-state index contributed by atoms with van der Waals surface area (Å²) in [4.78, 5) is 19.0. The second-order valence-corrected chi connectivity index (χ2v) is 6.73. The molecule has 4 rings (SSSR count). The van der Waals surface area contributed by atoms with Crippen LogP contribution in [0.5, 0.6) is 11.5 Å². The fourth-order valence-corrected chi connectivity index (χ4v) is 3.20. The van der Waals surface area contributed by atoms with Crippen LogP contribution in [0.3, 0.4) is 0 Å². The lowest BCUT2D eigenvalue weighted by molar-refractivity contribution is 0.0723. The lowest BCUT2D eigenvalue weighted by atomic mass is 10.1. The third kappa shape index (κ3) is 3.98. The molecule has 3 heterocycles. The second kappa shape index (κ2) is 8.12. The van der Waals surface area contributed by atoms with Crippen LogP contribution < -0.4 is 9.47 Å². The van der Waals surface area contributed by atoms with Gasteiger partial charge < -0.3 is 14.4 Å². The van der Waals surface area contributed by atoms with Crippen molar-refractivity contribution >= 4 is 5.91 Å². The van der Waals surface area contributed by atoms with Gasteiger partial charge in [0.1, 0.15) is 5.69 Å². The first-order chi connectivity index (χ1) is 13.7. The van der Waals surface area contributed by atoms with E-state index in [0.29, 0.717) is 24.5 Å². The number of nitrogens with one attached hydrogen (secondary N) is 1. The van der Waals surface area contributed by atoms with Gasteiger partial charge in [0.05, 0.1) is 0 Å². The lowest BCUT2D eigenvalue weighted by Gasteiger charge is -2.22. The van der Waals surface area contributed by atoms with Crippen molar-refractivity contribution in [2.24, 2.45) is 0 Å². The van der Waals surface area contributed by atoms with Crippen molar-refractivity contribution < 1.29 is 14.3 Å². The average molecular weight is 378 g/mol. The maximum atomic E-state index is 13.2. The predicted octanol–water partition coefficient (Wildman–Crippen LogP) is 3.33. The number of carbonyl (C=O) groups is 1. The minimum absolute atomic E-state index is 0.118. The van der Waals surface area contributed by atoms with E-state index < -0.39 is 0 Å². The smallest absolute Gasteiger partial charge is 0.274 e. The summed E-state index contributed by atoms with van der Waals surface area (Å²) in [6.45, 7) is 3.23. The molecule has 1 aliphatic heterocycles. The van der Waals surface area contributed by atoms with Crippen molar-refractivity contribution in [2.75, 3.05) is 6.79 Å². The highest BCUT2D eigenvalue weighted by molar-refractivity contribution is 5.92. The van der Waals surface area contributed by atoms with Gasteiger partial charge in [-0.25, -0.2) is 0 Å². The van der Waals surface area contributed by atoms with Crippen LogP contribution in [0.25, 0.3) is 0 Å². The van der Waals surface area contributed by atoms with Crippen molar-refractivity contribution in [1.82, 2.24) is 20.1 Å². The third-order valence-electron chi connectivity index (χ3n) is 4.59. The summed E-state index contributed by atoms with van der Waals surface area (Å²) < 4.78 is 10.8. The molecule has 0 saturated carbocycles. The van der Waals surface area contributed by atoms with E-state index in [1.807, 2.05) is 36.4 Å². The number of hydrogen-bond acceptors (Lipinski definition) is 5. The molecule has 144 valence electrons. The first kappa shape index (κ1) is 18.0. The Morgan fingerprint density at radius 2 is 1.86 bits per heavy atom. The summed E-state index contributed by atoms with van der Waals surface area (Å²) in [6.07, 6.45) is 5.32. The van der Waals surface area contributed by atoms with Gasteiger partial charge in [0.25, 0.3) is 5.91 Å². The van der Waals surface area contributed by atoms with Gasteiger partial charge in [-0.15, -0.1) is 0 Å². The SMILES string of the molecule is CCCc1cc(C(=O)N(Cc2ccncc2)Cc2ccc3c(c2)OCO3)n[nH]1. The lowest BCUT2D eigenvalue weighted by Crippen LogP contribution is -2.30. The first-order valence-corrected chi connectivity index (χ1v) is 9.34. The molecule has 0 radical (unpaired) electrons. The normalized spacial score (nSPS) is 12.2. The quantitative estimate of drug-likeness (QED) is 0.682. The molecule has 28 heavy (non-hydrogen) atoms. The number of carbonyl (C=O) groups excluding carboxylic acids is 1. The van der Waals surface area contributed by atoms with Crippen molar-refractivity contribution in [3.8, 4) is 11.5 Å². The van der Waals surface area contributed by atoms with Crippen LogP contribution in [0.2, 0.25) is 0 Å². The fraction of sp³-hybridized carbons (Fsp3) is 0.286. The number of nitrogens with zero attached hydrogens (tertiary/aromatic N) is 3. The summed E-state index contributed by atoms with van der Waals surface area (Å²) in [7, 11) is 0. The first-order valence-electron chi connectivity index (χ1n) is 9.34. The molecule has 1 N–H and O–H groups in total. The summed E-state index contributed by atoms with van der Waals surface area (Å²) in [5.74, 6) is 1.32. The highest BCUT2D eigenvalue weighted by Crippen LogP contribution is 2.33. The predicted molar refractivity (Wildman–Crippen MR) is 103 cm³/mol. The third-order valence-corrected chi connectivity index (χ3v) is 4.59. The Morgan fingerprint density at radius 3 is 2.68 bits per heavy atom. The van der Waals surface area contributed by atoms with Crippen LogP contribution in [-0.2, 0) is 19.5 Å². The van der Waals surface area contributed by atoms with Gasteiger partial charge in [-0.3, -0.25) is 14.9 Å². The number of hydrogen-bond donors (Lipinski definition) is 1. The van der Waals surface area contributed by atoms with Gasteiger partial charge in [0.2, 0.25) is 6.79 Å². The maximum Gasteiger partial charge on any atom is 0.274 e. The Hall–Kier alpha value is -3.35. The number of benzene rings is 1. The molecular weight excluding hydrogens is 356 g/mol. The Kier molecular flexibility index (Phi) is 5.23. The molecule has 1 aromatic carbocycles. The zero-order chi connectivity index (χ0) is 19.3. The van der Waals surface area contributed by atoms with E-state index in [4.69, 9.17) is 9.47 Å². The Labute approximate surface area is 163 Å². The Balaban J connectivity index is 1.58. The number of aromatic nitrogens is 3. The van der Waals surface area contributed by atoms with E-state index in [9.17, 15) is 4.79 Å². The van der Waals surface area contributed by atoms with E-state index in [0.717, 1.165) is 35.4 Å². The maximum absolute atomic E-state index is 13.2. The second-order valence-electron chi connectivity index (χ2n) is 6.73. The van der Waals surface area contributed by atoms with E-state index in [1.165, 1.54) is 0 Å². The number of aryl methyl sites for hydroxylation is 1. The molecule has 1 amide bonds. The summed E-state index contributed by atoms with van der Waals surface area (Å²) >= 11 is 0. The molecule has 0 saturated heterocycles. The van der Waals surface area contributed by atoms with E-state index in [2.05, 4.69) is 22.1 Å². The number of amides is 1. The van der Waals surface area contributed by atoms with Gasteiger partial charge in [-0.1, -0.05) is 19.4 Å². The van der Waals surface area contributed by atoms with Gasteiger partial charge >= 0.3 is 0 Å². The molecule has 7 nitrogen and oxygen atoms in total. The van der Waals surface area contributed by atoms with Crippen LogP contribution in [0.4, 0.5) is 0 Å². The van der Waals surface area contributed by atoms with Crippen molar-refractivity contribution in [3.05, 3.63) is 71.3 Å². The number of ether oxygens (including phenoxy) is 2. The van der Waals surface area contributed by atoms with Gasteiger partial charge in [0.15, 0.2) is 11.5 Å². The molecule has 2 aromatic heterocycles. The summed E-state index contributed by atoms with van der Waals surface area (Å²) in [5, 5.41) is 7.18. The summed E-state index contributed by atoms with van der Waals surface area (Å²) in [6, 6.07) is 11.4. The molecular formula is C21H22N4O3. The number of H-pyrrole nitrogens is 1. The van der Waals surface area contributed by atoms with Crippen LogP contribution in [0.15, 0.2) is 48.8 Å². The van der Waals surface area contributed by atoms with Crippen molar-refractivity contribution in [2.45, 2.75) is 32.9 Å². The largest absolute Gasteiger partial charge is 0.454 e. The Morgan fingerprint density at radius 1 is 1.07 bits per heavy atom. The zero-order valence-electron chi connectivity index (χ0n) is 15.7. The molecule has 0 unspecified atom stereocenters. The zero-order valence-corrected chi connectivity index (χ0v) is 15.7. The Bertz CT molecular complexity index is 955. The van der Waals surface area contributed by atoms with Crippen molar-refractivity contribution in [3.63, 3.8) is 0 Å². The molecule has 1 aliphatic rings. The van der Waals surface area contributed by atoms with Gasteiger partial charge in [0, 0.05) is 31.2 Å². The number of pyridine rings is 1. The number of fused-ring (bicyclic) bond motifs is 1. The van der Waals surface area contributed by atoms with E-state index in [-0.39, 0.29) is 12.7 Å². The molecule has 0 spiro atoms. The fourth-order valence-electron chi connectivity index (χ4n) is 3.20. The molecule has 0 aliphatic carbocycles. The van der Waals surface area contributed by atoms with Crippen LogP contribution in [-0.4, -0.2) is 32.8 Å². The summed E-state index contributed by atoms with van der Waals surface area (Å²) in [5.41, 5.74) is 3.38. The van der Waals surface area contributed by atoms with E-state index in [1.54, 1.807) is 17.3 Å². The molecule has 3 aromatic rings.